The second-order valence-electron chi connectivity index (χ2n) is 5.13. The summed E-state index contributed by atoms with van der Waals surface area (Å²) < 4.78 is 37.8. The minimum atomic E-state index is -4.32. The van der Waals surface area contributed by atoms with Gasteiger partial charge in [0.25, 0.3) is 0 Å². The third kappa shape index (κ3) is 3.72. The van der Waals surface area contributed by atoms with E-state index in [0.29, 0.717) is 17.1 Å². The van der Waals surface area contributed by atoms with Gasteiger partial charge in [0, 0.05) is 12.5 Å². The van der Waals surface area contributed by atoms with Crippen LogP contribution in [0.4, 0.5) is 13.2 Å². The number of hydrogen-bond acceptors (Lipinski definition) is 2. The molecule has 0 aliphatic rings. The van der Waals surface area contributed by atoms with Crippen LogP contribution in [0.1, 0.15) is 31.7 Å². The van der Waals surface area contributed by atoms with Gasteiger partial charge < -0.3 is 10.3 Å². The molecule has 2 N–H and O–H groups in total. The quantitative estimate of drug-likeness (QED) is 0.825. The molecule has 20 heavy (non-hydrogen) atoms. The number of hydrogen-bond donors (Lipinski definition) is 2. The van der Waals surface area contributed by atoms with Gasteiger partial charge in [-0.15, -0.1) is 0 Å². The maximum absolute atomic E-state index is 12.6. The zero-order chi connectivity index (χ0) is 14.8. The molecule has 0 amide bonds. The number of benzene rings is 1. The van der Waals surface area contributed by atoms with Crippen molar-refractivity contribution in [2.75, 3.05) is 6.54 Å². The predicted octanol–water partition coefficient (Wildman–Crippen LogP) is 3.51. The molecule has 3 nitrogen and oxygen atoms in total. The van der Waals surface area contributed by atoms with Gasteiger partial charge in [-0.2, -0.15) is 13.2 Å². The van der Waals surface area contributed by atoms with Crippen molar-refractivity contribution in [1.29, 1.82) is 0 Å². The number of nitrogens with zero attached hydrogens (tertiary/aromatic N) is 1. The first kappa shape index (κ1) is 14.8. The highest BCUT2D eigenvalue weighted by atomic mass is 19.4. The second kappa shape index (κ2) is 5.83. The van der Waals surface area contributed by atoms with E-state index < -0.39 is 11.7 Å². The van der Waals surface area contributed by atoms with Crippen molar-refractivity contribution in [3.05, 3.63) is 29.6 Å². The molecule has 0 radical (unpaired) electrons. The Morgan fingerprint density at radius 1 is 1.30 bits per heavy atom. The Morgan fingerprint density at radius 3 is 2.70 bits per heavy atom. The minimum Gasteiger partial charge on any atom is -0.342 e. The monoisotopic (exact) mass is 285 g/mol. The highest BCUT2D eigenvalue weighted by molar-refractivity contribution is 5.76. The highest BCUT2D eigenvalue weighted by Gasteiger charge is 2.30. The Balaban J connectivity index is 2.06. The van der Waals surface area contributed by atoms with Gasteiger partial charge in [0.15, 0.2) is 0 Å². The van der Waals surface area contributed by atoms with E-state index in [1.807, 2.05) is 0 Å². The van der Waals surface area contributed by atoms with Crippen molar-refractivity contribution in [3.63, 3.8) is 0 Å². The molecule has 1 aromatic heterocycles. The third-order valence-corrected chi connectivity index (χ3v) is 3.00. The van der Waals surface area contributed by atoms with Crippen LogP contribution in [0.15, 0.2) is 18.2 Å². The standard InChI is InChI=1S/C14H18F3N3/c1-9(2)18-7-3-4-13-19-11-6-5-10(14(15,16)17)8-12(11)20-13/h5-6,8-9,18H,3-4,7H2,1-2H3,(H,19,20). The molecular weight excluding hydrogens is 267 g/mol. The summed E-state index contributed by atoms with van der Waals surface area (Å²) >= 11 is 0. The summed E-state index contributed by atoms with van der Waals surface area (Å²) in [5.74, 6) is 0.727. The fraction of sp³-hybridized carbons (Fsp3) is 0.500. The molecule has 1 aromatic carbocycles. The van der Waals surface area contributed by atoms with Crippen molar-refractivity contribution in [2.45, 2.75) is 38.9 Å². The van der Waals surface area contributed by atoms with Gasteiger partial charge in [-0.25, -0.2) is 4.98 Å². The molecule has 2 rings (SSSR count). The topological polar surface area (TPSA) is 40.7 Å². The summed E-state index contributed by atoms with van der Waals surface area (Å²) in [5, 5.41) is 3.29. The summed E-state index contributed by atoms with van der Waals surface area (Å²) in [7, 11) is 0. The van der Waals surface area contributed by atoms with E-state index in [4.69, 9.17) is 0 Å². The Labute approximate surface area is 115 Å². The van der Waals surface area contributed by atoms with Crippen LogP contribution >= 0.6 is 0 Å². The molecule has 0 atom stereocenters. The van der Waals surface area contributed by atoms with Crippen molar-refractivity contribution < 1.29 is 13.2 Å². The molecule has 2 aromatic rings. The molecular formula is C14H18F3N3. The van der Waals surface area contributed by atoms with Gasteiger partial charge in [-0.1, -0.05) is 13.8 Å². The molecule has 0 bridgehead atoms. The Bertz CT molecular complexity index is 573. The Morgan fingerprint density at radius 2 is 2.05 bits per heavy atom. The van der Waals surface area contributed by atoms with Crippen molar-refractivity contribution in [1.82, 2.24) is 15.3 Å². The Kier molecular flexibility index (Phi) is 4.32. The third-order valence-electron chi connectivity index (χ3n) is 3.00. The molecule has 0 aliphatic carbocycles. The maximum Gasteiger partial charge on any atom is 0.416 e. The molecule has 110 valence electrons. The van der Waals surface area contributed by atoms with E-state index in [0.717, 1.165) is 37.3 Å². The van der Waals surface area contributed by atoms with Gasteiger partial charge in [-0.3, -0.25) is 0 Å². The molecule has 1 heterocycles. The van der Waals surface area contributed by atoms with Crippen LogP contribution in [0.3, 0.4) is 0 Å². The van der Waals surface area contributed by atoms with E-state index in [9.17, 15) is 13.2 Å². The number of rotatable bonds is 5. The van der Waals surface area contributed by atoms with E-state index >= 15 is 0 Å². The minimum absolute atomic E-state index is 0.431. The average molecular weight is 285 g/mol. The number of alkyl halides is 3. The lowest BCUT2D eigenvalue weighted by atomic mass is 10.2. The average Bonchev–Trinajstić information content (AvgIpc) is 2.74. The normalized spacial score (nSPS) is 12.5. The zero-order valence-electron chi connectivity index (χ0n) is 11.5. The first-order valence-electron chi connectivity index (χ1n) is 6.65. The number of H-pyrrole nitrogens is 1. The van der Waals surface area contributed by atoms with Crippen molar-refractivity contribution >= 4 is 11.0 Å². The van der Waals surface area contributed by atoms with Crippen LogP contribution in [-0.2, 0) is 12.6 Å². The summed E-state index contributed by atoms with van der Waals surface area (Å²) in [6.07, 6.45) is -2.71. The summed E-state index contributed by atoms with van der Waals surface area (Å²) in [6, 6.07) is 4.01. The lowest BCUT2D eigenvalue weighted by molar-refractivity contribution is -0.137. The number of aryl methyl sites for hydroxylation is 1. The summed E-state index contributed by atoms with van der Waals surface area (Å²) in [4.78, 5) is 7.26. The first-order valence-corrected chi connectivity index (χ1v) is 6.65. The van der Waals surface area contributed by atoms with Crippen LogP contribution < -0.4 is 5.32 Å². The number of aromatic nitrogens is 2. The second-order valence-corrected chi connectivity index (χ2v) is 5.13. The number of imidazole rings is 1. The largest absolute Gasteiger partial charge is 0.416 e. The number of nitrogens with one attached hydrogen (secondary N) is 2. The number of fused-ring (bicyclic) bond motifs is 1. The lowest BCUT2D eigenvalue weighted by Crippen LogP contribution is -2.24. The molecule has 0 spiro atoms. The van der Waals surface area contributed by atoms with Gasteiger partial charge in [0.1, 0.15) is 5.82 Å². The van der Waals surface area contributed by atoms with Crippen molar-refractivity contribution in [3.8, 4) is 0 Å². The Hall–Kier alpha value is -1.56. The van der Waals surface area contributed by atoms with Crippen molar-refractivity contribution in [2.24, 2.45) is 0 Å². The predicted molar refractivity (Wildman–Crippen MR) is 72.6 cm³/mol. The molecule has 0 aliphatic heterocycles. The van der Waals surface area contributed by atoms with E-state index in [-0.39, 0.29) is 0 Å². The van der Waals surface area contributed by atoms with E-state index in [2.05, 4.69) is 29.1 Å². The zero-order valence-corrected chi connectivity index (χ0v) is 11.5. The maximum atomic E-state index is 12.6. The SMILES string of the molecule is CC(C)NCCCc1nc2ccc(C(F)(F)F)cc2[nH]1. The van der Waals surface area contributed by atoms with Gasteiger partial charge in [-0.05, 0) is 31.2 Å². The molecule has 6 heteroatoms. The number of aromatic amines is 1. The van der Waals surface area contributed by atoms with E-state index in [1.54, 1.807) is 0 Å². The summed E-state index contributed by atoms with van der Waals surface area (Å²) in [5.41, 5.74) is 0.359. The highest BCUT2D eigenvalue weighted by Crippen LogP contribution is 2.30. The van der Waals surface area contributed by atoms with E-state index in [1.165, 1.54) is 6.07 Å². The molecule has 0 unspecified atom stereocenters. The van der Waals surface area contributed by atoms with Crippen LogP contribution in [0.25, 0.3) is 11.0 Å². The van der Waals surface area contributed by atoms with Crippen LogP contribution in [0, 0.1) is 0 Å². The molecule has 0 fully saturated rings. The fourth-order valence-corrected chi connectivity index (χ4v) is 2.00. The van der Waals surface area contributed by atoms with Crippen LogP contribution in [0.2, 0.25) is 0 Å². The smallest absolute Gasteiger partial charge is 0.342 e. The molecule has 0 saturated carbocycles. The fourth-order valence-electron chi connectivity index (χ4n) is 2.00. The summed E-state index contributed by atoms with van der Waals surface area (Å²) in [6.45, 7) is 5.00. The van der Waals surface area contributed by atoms with Crippen LogP contribution in [0.5, 0.6) is 0 Å². The van der Waals surface area contributed by atoms with Gasteiger partial charge in [0.05, 0.1) is 16.6 Å². The van der Waals surface area contributed by atoms with Gasteiger partial charge >= 0.3 is 6.18 Å². The molecule has 0 saturated heterocycles. The van der Waals surface area contributed by atoms with Crippen LogP contribution in [-0.4, -0.2) is 22.6 Å². The number of halogens is 3. The van der Waals surface area contributed by atoms with Gasteiger partial charge in [0.2, 0.25) is 0 Å². The lowest BCUT2D eigenvalue weighted by Gasteiger charge is -2.06. The first-order chi connectivity index (χ1) is 9.36.